The molecule has 3 N–H and O–H groups in total. The van der Waals surface area contributed by atoms with Crippen molar-refractivity contribution in [2.75, 3.05) is 19.6 Å². The molecular weight excluding hydrogens is 262 g/mol. The van der Waals surface area contributed by atoms with Crippen molar-refractivity contribution in [3.63, 3.8) is 0 Å². The molecule has 2 rings (SSSR count). The van der Waals surface area contributed by atoms with E-state index in [1.165, 1.54) is 25.7 Å². The second-order valence-electron chi connectivity index (χ2n) is 7.19. The van der Waals surface area contributed by atoms with E-state index in [4.69, 9.17) is 5.73 Å². The summed E-state index contributed by atoms with van der Waals surface area (Å²) in [6.07, 6.45) is 8.99. The minimum atomic E-state index is 0.141. The number of nitrogens with zero attached hydrogens (tertiary/aromatic N) is 1. The van der Waals surface area contributed by atoms with Crippen molar-refractivity contribution < 1.29 is 4.79 Å². The fourth-order valence-electron chi connectivity index (χ4n) is 3.57. The molecule has 1 amide bonds. The first-order valence-corrected chi connectivity index (χ1v) is 8.84. The molecule has 0 heterocycles. The Balaban J connectivity index is 1.90. The molecule has 4 nitrogen and oxygen atoms in total. The van der Waals surface area contributed by atoms with Crippen molar-refractivity contribution in [3.05, 3.63) is 0 Å². The van der Waals surface area contributed by atoms with Gasteiger partial charge in [0.15, 0.2) is 0 Å². The molecule has 0 spiro atoms. The van der Waals surface area contributed by atoms with Gasteiger partial charge >= 0.3 is 0 Å². The van der Waals surface area contributed by atoms with Crippen molar-refractivity contribution in [2.24, 2.45) is 11.7 Å². The van der Waals surface area contributed by atoms with Crippen LogP contribution in [0.2, 0.25) is 0 Å². The van der Waals surface area contributed by atoms with Crippen LogP contribution in [0.5, 0.6) is 0 Å². The summed E-state index contributed by atoms with van der Waals surface area (Å²) in [5, 5.41) is 3.09. The summed E-state index contributed by atoms with van der Waals surface area (Å²) in [5.41, 5.74) is 6.31. The average Bonchev–Trinajstić information content (AvgIpc) is 3.29. The molecule has 2 aliphatic rings. The lowest BCUT2D eigenvalue weighted by molar-refractivity contribution is -0.122. The van der Waals surface area contributed by atoms with Crippen LogP contribution in [0.3, 0.4) is 0 Å². The summed E-state index contributed by atoms with van der Waals surface area (Å²) >= 11 is 0. The second kappa shape index (κ2) is 7.59. The third-order valence-corrected chi connectivity index (χ3v) is 5.30. The Hall–Kier alpha value is -0.610. The molecule has 0 aromatic heterocycles. The van der Waals surface area contributed by atoms with E-state index < -0.39 is 0 Å². The first-order chi connectivity index (χ1) is 10.1. The first kappa shape index (κ1) is 16.8. The van der Waals surface area contributed by atoms with Crippen molar-refractivity contribution >= 4 is 5.91 Å². The number of amides is 1. The van der Waals surface area contributed by atoms with Gasteiger partial charge in [-0.1, -0.05) is 13.8 Å². The van der Waals surface area contributed by atoms with Gasteiger partial charge in [-0.25, -0.2) is 0 Å². The predicted molar refractivity (Wildman–Crippen MR) is 87.1 cm³/mol. The molecule has 122 valence electrons. The van der Waals surface area contributed by atoms with Crippen LogP contribution >= 0.6 is 0 Å². The Morgan fingerprint density at radius 3 is 2.43 bits per heavy atom. The van der Waals surface area contributed by atoms with Gasteiger partial charge < -0.3 is 11.1 Å². The number of carbonyl (C=O) groups is 1. The standard InChI is InChI=1S/C17H33N3O/c1-3-11-20(12-8-16(21)19-15-4-5-15)17(13-18)9-6-14(2)7-10-17/h14-15H,3-13,18H2,1-2H3,(H,19,21). The third kappa shape index (κ3) is 4.68. The van der Waals surface area contributed by atoms with Gasteiger partial charge in [-0.05, 0) is 57.4 Å². The molecule has 0 atom stereocenters. The maximum atomic E-state index is 12.0. The highest BCUT2D eigenvalue weighted by Gasteiger charge is 2.38. The van der Waals surface area contributed by atoms with Gasteiger partial charge in [0, 0.05) is 31.1 Å². The second-order valence-corrected chi connectivity index (χ2v) is 7.19. The van der Waals surface area contributed by atoms with Crippen LogP contribution in [0.15, 0.2) is 0 Å². The highest BCUT2D eigenvalue weighted by molar-refractivity contribution is 5.76. The Labute approximate surface area is 129 Å². The van der Waals surface area contributed by atoms with Gasteiger partial charge in [0.1, 0.15) is 0 Å². The minimum absolute atomic E-state index is 0.141. The van der Waals surface area contributed by atoms with E-state index in [9.17, 15) is 4.79 Å². The third-order valence-electron chi connectivity index (χ3n) is 5.30. The van der Waals surface area contributed by atoms with E-state index in [-0.39, 0.29) is 11.4 Å². The largest absolute Gasteiger partial charge is 0.353 e. The molecule has 0 aromatic carbocycles. The molecule has 0 bridgehead atoms. The normalized spacial score (nSPS) is 29.6. The highest BCUT2D eigenvalue weighted by atomic mass is 16.1. The van der Waals surface area contributed by atoms with E-state index in [1.807, 2.05) is 0 Å². The SMILES string of the molecule is CCCN(CCC(=O)NC1CC1)C1(CN)CCC(C)CC1. The van der Waals surface area contributed by atoms with Gasteiger partial charge in [-0.3, -0.25) is 9.69 Å². The number of carbonyl (C=O) groups excluding carboxylic acids is 1. The topological polar surface area (TPSA) is 58.4 Å². The van der Waals surface area contributed by atoms with Gasteiger partial charge in [-0.15, -0.1) is 0 Å². The summed E-state index contributed by atoms with van der Waals surface area (Å²) in [4.78, 5) is 14.5. The van der Waals surface area contributed by atoms with Gasteiger partial charge in [0.05, 0.1) is 0 Å². The fraction of sp³-hybridized carbons (Fsp3) is 0.941. The summed E-state index contributed by atoms with van der Waals surface area (Å²) in [5.74, 6) is 1.04. The number of hydrogen-bond acceptors (Lipinski definition) is 3. The zero-order valence-corrected chi connectivity index (χ0v) is 13.9. The molecule has 2 fully saturated rings. The molecule has 0 aromatic rings. The first-order valence-electron chi connectivity index (χ1n) is 8.84. The number of nitrogens with two attached hydrogens (primary N) is 1. The van der Waals surface area contributed by atoms with Crippen molar-refractivity contribution in [2.45, 2.75) is 76.8 Å². The Bertz CT molecular complexity index is 333. The van der Waals surface area contributed by atoms with Gasteiger partial charge in [0.25, 0.3) is 0 Å². The number of nitrogens with one attached hydrogen (secondary N) is 1. The summed E-state index contributed by atoms with van der Waals surface area (Å²) < 4.78 is 0. The van der Waals surface area contributed by atoms with Crippen molar-refractivity contribution in [1.82, 2.24) is 10.2 Å². The Morgan fingerprint density at radius 1 is 1.24 bits per heavy atom. The number of rotatable bonds is 8. The van der Waals surface area contributed by atoms with Gasteiger partial charge in [0.2, 0.25) is 5.91 Å². The Kier molecular flexibility index (Phi) is 6.06. The minimum Gasteiger partial charge on any atom is -0.353 e. The van der Waals surface area contributed by atoms with E-state index in [1.54, 1.807) is 0 Å². The molecule has 2 aliphatic carbocycles. The predicted octanol–water partition coefficient (Wildman–Crippen LogP) is 2.27. The lowest BCUT2D eigenvalue weighted by atomic mass is 9.75. The van der Waals surface area contributed by atoms with Crippen LogP contribution in [0.25, 0.3) is 0 Å². The lowest BCUT2D eigenvalue weighted by Gasteiger charge is -2.47. The van der Waals surface area contributed by atoms with Crippen molar-refractivity contribution in [3.8, 4) is 0 Å². The van der Waals surface area contributed by atoms with Crippen LogP contribution in [-0.2, 0) is 4.79 Å². The molecule has 4 heteroatoms. The molecule has 2 saturated carbocycles. The van der Waals surface area contributed by atoms with Crippen LogP contribution in [0, 0.1) is 5.92 Å². The van der Waals surface area contributed by atoms with Crippen molar-refractivity contribution in [1.29, 1.82) is 0 Å². The molecule has 0 saturated heterocycles. The van der Waals surface area contributed by atoms with Crippen LogP contribution in [0.1, 0.15) is 65.2 Å². The maximum absolute atomic E-state index is 12.0. The highest BCUT2D eigenvalue weighted by Crippen LogP contribution is 2.36. The zero-order chi connectivity index (χ0) is 15.3. The molecule has 0 unspecified atom stereocenters. The smallest absolute Gasteiger partial charge is 0.221 e. The van der Waals surface area contributed by atoms with E-state index in [0.29, 0.717) is 12.5 Å². The van der Waals surface area contributed by atoms with E-state index >= 15 is 0 Å². The maximum Gasteiger partial charge on any atom is 0.221 e. The molecular formula is C17H33N3O. The summed E-state index contributed by atoms with van der Waals surface area (Å²) in [6.45, 7) is 7.20. The zero-order valence-electron chi connectivity index (χ0n) is 13.9. The van der Waals surface area contributed by atoms with Crippen LogP contribution in [-0.4, -0.2) is 42.0 Å². The van der Waals surface area contributed by atoms with E-state index in [0.717, 1.165) is 44.8 Å². The van der Waals surface area contributed by atoms with Crippen LogP contribution < -0.4 is 11.1 Å². The Morgan fingerprint density at radius 2 is 1.90 bits per heavy atom. The average molecular weight is 295 g/mol. The fourth-order valence-corrected chi connectivity index (χ4v) is 3.57. The summed E-state index contributed by atoms with van der Waals surface area (Å²) in [6, 6.07) is 0.469. The molecule has 21 heavy (non-hydrogen) atoms. The molecule has 0 aliphatic heterocycles. The monoisotopic (exact) mass is 295 g/mol. The van der Waals surface area contributed by atoms with Gasteiger partial charge in [-0.2, -0.15) is 0 Å². The lowest BCUT2D eigenvalue weighted by Crippen LogP contribution is -2.56. The molecule has 0 radical (unpaired) electrons. The van der Waals surface area contributed by atoms with E-state index in [2.05, 4.69) is 24.1 Å². The summed E-state index contributed by atoms with van der Waals surface area (Å²) in [7, 11) is 0. The van der Waals surface area contributed by atoms with Crippen LogP contribution in [0.4, 0.5) is 0 Å². The quantitative estimate of drug-likeness (QED) is 0.722. The number of hydrogen-bond donors (Lipinski definition) is 2.